The van der Waals surface area contributed by atoms with Crippen molar-refractivity contribution in [1.29, 1.82) is 0 Å². The van der Waals surface area contributed by atoms with Gasteiger partial charge in [-0.05, 0) is 28.1 Å². The molecule has 0 fully saturated rings. The first-order valence-corrected chi connectivity index (χ1v) is 4.93. The quantitative estimate of drug-likeness (QED) is 0.801. The van der Waals surface area contributed by atoms with Crippen molar-refractivity contribution in [3.63, 3.8) is 0 Å². The fraction of sp³-hybridized carbons (Fsp3) is 0.125. The predicted octanol–water partition coefficient (Wildman–Crippen LogP) is 3.63. The number of aromatic nitrogens is 2. The van der Waals surface area contributed by atoms with Crippen molar-refractivity contribution in [1.82, 2.24) is 9.97 Å². The topological polar surface area (TPSA) is 28.7 Å². The number of nitrogens with one attached hydrogen (secondary N) is 1. The summed E-state index contributed by atoms with van der Waals surface area (Å²) in [4.78, 5) is 7.08. The average Bonchev–Trinajstić information content (AvgIpc) is 2.47. The highest BCUT2D eigenvalue weighted by Gasteiger charge is 2.06. The van der Waals surface area contributed by atoms with Gasteiger partial charge in [0, 0.05) is 4.47 Å². The molecule has 0 saturated carbocycles. The zero-order valence-electron chi connectivity index (χ0n) is 6.85. The van der Waals surface area contributed by atoms with Crippen molar-refractivity contribution >= 4 is 51.0 Å². The molecular weight excluding hydrogens is 294 g/mol. The second-order valence-electron chi connectivity index (χ2n) is 2.60. The smallest absolute Gasteiger partial charge is 0.126 e. The molecule has 1 aromatic heterocycles. The molecule has 0 aliphatic rings. The standard InChI is InChI=1S/C8H5BrClFN2.ClH/c9-5-1-4(11)2-6-8(5)13-7(3-10)12-6;/h1-2H,3H2,(H,12,13);1H. The summed E-state index contributed by atoms with van der Waals surface area (Å²) in [6, 6.07) is 2.77. The van der Waals surface area contributed by atoms with Gasteiger partial charge < -0.3 is 4.98 Å². The molecule has 0 unspecified atom stereocenters. The Morgan fingerprint density at radius 2 is 2.21 bits per heavy atom. The van der Waals surface area contributed by atoms with Gasteiger partial charge in [0.25, 0.3) is 0 Å². The molecule has 14 heavy (non-hydrogen) atoms. The van der Waals surface area contributed by atoms with Crippen molar-refractivity contribution < 1.29 is 4.39 Å². The fourth-order valence-corrected chi connectivity index (χ4v) is 1.80. The first-order chi connectivity index (χ1) is 6.20. The van der Waals surface area contributed by atoms with E-state index in [-0.39, 0.29) is 18.2 Å². The lowest BCUT2D eigenvalue weighted by Crippen LogP contribution is -1.77. The molecule has 0 aliphatic carbocycles. The van der Waals surface area contributed by atoms with Crippen LogP contribution in [-0.4, -0.2) is 9.97 Å². The number of alkyl halides is 1. The molecule has 2 aromatic rings. The van der Waals surface area contributed by atoms with Crippen molar-refractivity contribution in [2.45, 2.75) is 5.88 Å². The lowest BCUT2D eigenvalue weighted by Gasteiger charge is -1.91. The van der Waals surface area contributed by atoms with Gasteiger partial charge in [-0.25, -0.2) is 9.37 Å². The third-order valence-electron chi connectivity index (χ3n) is 1.68. The molecule has 2 nitrogen and oxygen atoms in total. The summed E-state index contributed by atoms with van der Waals surface area (Å²) >= 11 is 8.81. The molecule has 0 saturated heterocycles. The van der Waals surface area contributed by atoms with Crippen molar-refractivity contribution in [2.75, 3.05) is 0 Å². The van der Waals surface area contributed by atoms with Gasteiger partial charge in [0.05, 0.1) is 11.4 Å². The van der Waals surface area contributed by atoms with Gasteiger partial charge in [-0.1, -0.05) is 0 Å². The lowest BCUT2D eigenvalue weighted by molar-refractivity contribution is 0.628. The van der Waals surface area contributed by atoms with E-state index in [0.717, 1.165) is 0 Å². The van der Waals surface area contributed by atoms with Gasteiger partial charge in [0.2, 0.25) is 0 Å². The van der Waals surface area contributed by atoms with E-state index in [0.29, 0.717) is 27.2 Å². The SMILES string of the molecule is Cl.Fc1cc(Br)c2nc(CCl)[nH]c2c1. The molecular formula is C8H6BrCl2FN2. The summed E-state index contributed by atoms with van der Waals surface area (Å²) < 4.78 is 13.5. The second kappa shape index (κ2) is 4.47. The van der Waals surface area contributed by atoms with Crippen LogP contribution in [0.1, 0.15) is 5.82 Å². The zero-order chi connectivity index (χ0) is 9.42. The number of benzene rings is 1. The van der Waals surface area contributed by atoms with Crippen LogP contribution >= 0.6 is 39.9 Å². The molecule has 76 valence electrons. The minimum absolute atomic E-state index is 0. The Labute approximate surface area is 99.4 Å². The third kappa shape index (κ3) is 2.02. The monoisotopic (exact) mass is 298 g/mol. The summed E-state index contributed by atoms with van der Waals surface area (Å²) in [5.41, 5.74) is 1.36. The number of nitrogens with zero attached hydrogens (tertiary/aromatic N) is 1. The van der Waals surface area contributed by atoms with Gasteiger partial charge in [-0.3, -0.25) is 0 Å². The van der Waals surface area contributed by atoms with E-state index in [2.05, 4.69) is 25.9 Å². The summed E-state index contributed by atoms with van der Waals surface area (Å²) in [5.74, 6) is 0.634. The Morgan fingerprint density at radius 1 is 1.50 bits per heavy atom. The zero-order valence-corrected chi connectivity index (χ0v) is 10.0. The number of aromatic amines is 1. The van der Waals surface area contributed by atoms with Gasteiger partial charge in [0.1, 0.15) is 17.2 Å². The first kappa shape index (κ1) is 11.8. The van der Waals surface area contributed by atoms with Crippen LogP contribution in [0.3, 0.4) is 0 Å². The Kier molecular flexibility index (Phi) is 3.75. The van der Waals surface area contributed by atoms with E-state index in [4.69, 9.17) is 11.6 Å². The van der Waals surface area contributed by atoms with Gasteiger partial charge in [-0.15, -0.1) is 24.0 Å². The molecule has 1 aromatic carbocycles. The Bertz CT molecular complexity index is 458. The minimum atomic E-state index is -0.302. The van der Waals surface area contributed by atoms with Crippen LogP contribution in [0.25, 0.3) is 11.0 Å². The Hall–Kier alpha value is -0.320. The molecule has 2 rings (SSSR count). The summed E-state index contributed by atoms with van der Waals surface area (Å²) in [7, 11) is 0. The number of imidazole rings is 1. The number of hydrogen-bond acceptors (Lipinski definition) is 1. The molecule has 0 aliphatic heterocycles. The predicted molar refractivity (Wildman–Crippen MR) is 60.6 cm³/mol. The van der Waals surface area contributed by atoms with E-state index in [1.165, 1.54) is 12.1 Å². The van der Waals surface area contributed by atoms with E-state index < -0.39 is 0 Å². The van der Waals surface area contributed by atoms with Gasteiger partial charge in [0.15, 0.2) is 0 Å². The van der Waals surface area contributed by atoms with Crippen LogP contribution in [0, 0.1) is 5.82 Å². The normalized spacial score (nSPS) is 10.2. The fourth-order valence-electron chi connectivity index (χ4n) is 1.16. The highest BCUT2D eigenvalue weighted by atomic mass is 79.9. The average molecular weight is 300 g/mol. The summed E-state index contributed by atoms with van der Waals surface area (Å²) in [6.07, 6.45) is 0. The van der Waals surface area contributed by atoms with Crippen LogP contribution < -0.4 is 0 Å². The van der Waals surface area contributed by atoms with Crippen LogP contribution in [-0.2, 0) is 5.88 Å². The third-order valence-corrected chi connectivity index (χ3v) is 2.54. The molecule has 0 spiro atoms. The molecule has 1 heterocycles. The Balaban J connectivity index is 0.000000980. The number of fused-ring (bicyclic) bond motifs is 1. The molecule has 0 atom stereocenters. The summed E-state index contributed by atoms with van der Waals surface area (Å²) in [5, 5.41) is 0. The van der Waals surface area contributed by atoms with E-state index in [9.17, 15) is 4.39 Å². The molecule has 0 amide bonds. The van der Waals surface area contributed by atoms with Crippen molar-refractivity contribution in [2.24, 2.45) is 0 Å². The number of halogens is 4. The number of rotatable bonds is 1. The molecule has 6 heteroatoms. The molecule has 1 N–H and O–H groups in total. The maximum absolute atomic E-state index is 12.9. The van der Waals surface area contributed by atoms with Crippen molar-refractivity contribution in [3.05, 3.63) is 28.2 Å². The maximum Gasteiger partial charge on any atom is 0.126 e. The van der Waals surface area contributed by atoms with E-state index in [1.807, 2.05) is 0 Å². The second-order valence-corrected chi connectivity index (χ2v) is 3.72. The maximum atomic E-state index is 12.9. The van der Waals surface area contributed by atoms with Gasteiger partial charge >= 0.3 is 0 Å². The lowest BCUT2D eigenvalue weighted by atomic mass is 10.3. The van der Waals surface area contributed by atoms with Crippen LogP contribution in [0.2, 0.25) is 0 Å². The van der Waals surface area contributed by atoms with Gasteiger partial charge in [-0.2, -0.15) is 0 Å². The van der Waals surface area contributed by atoms with Crippen LogP contribution in [0.5, 0.6) is 0 Å². The van der Waals surface area contributed by atoms with Crippen LogP contribution in [0.4, 0.5) is 4.39 Å². The van der Waals surface area contributed by atoms with Crippen LogP contribution in [0.15, 0.2) is 16.6 Å². The number of H-pyrrole nitrogens is 1. The highest BCUT2D eigenvalue weighted by molar-refractivity contribution is 9.10. The van der Waals surface area contributed by atoms with E-state index >= 15 is 0 Å². The van der Waals surface area contributed by atoms with Crippen molar-refractivity contribution in [3.8, 4) is 0 Å². The van der Waals surface area contributed by atoms with E-state index in [1.54, 1.807) is 0 Å². The highest BCUT2D eigenvalue weighted by Crippen LogP contribution is 2.23. The summed E-state index contributed by atoms with van der Waals surface area (Å²) in [6.45, 7) is 0. The minimum Gasteiger partial charge on any atom is -0.341 e. The molecule has 0 radical (unpaired) electrons. The molecule has 0 bridgehead atoms. The first-order valence-electron chi connectivity index (χ1n) is 3.60. The number of hydrogen-bond donors (Lipinski definition) is 1. The largest absolute Gasteiger partial charge is 0.341 e. The Morgan fingerprint density at radius 3 is 2.86 bits per heavy atom.